The molecule has 5 nitrogen and oxygen atoms in total. The summed E-state index contributed by atoms with van der Waals surface area (Å²) in [5.41, 5.74) is 2.66. The van der Waals surface area contributed by atoms with Gasteiger partial charge in [-0.25, -0.2) is 4.79 Å². The number of aromatic nitrogens is 2. The molecular formula is C13H15N3O2S. The van der Waals surface area contributed by atoms with E-state index in [-0.39, 0.29) is 5.56 Å². The van der Waals surface area contributed by atoms with Gasteiger partial charge >= 0.3 is 5.97 Å². The average molecular weight is 277 g/mol. The predicted molar refractivity (Wildman–Crippen MR) is 74.9 cm³/mol. The Kier molecular flexibility index (Phi) is 3.80. The Bertz CT molecular complexity index is 596. The van der Waals surface area contributed by atoms with E-state index in [1.54, 1.807) is 25.2 Å². The fourth-order valence-electron chi connectivity index (χ4n) is 1.85. The normalized spacial score (nSPS) is 10.5. The fourth-order valence-corrected chi connectivity index (χ4v) is 2.51. The third-order valence-electron chi connectivity index (χ3n) is 3.01. The minimum absolute atomic E-state index is 0.227. The number of thiophene rings is 1. The molecule has 1 N–H and O–H groups in total. The Morgan fingerprint density at radius 1 is 1.42 bits per heavy atom. The van der Waals surface area contributed by atoms with Crippen LogP contribution in [-0.4, -0.2) is 28.3 Å². The number of rotatable bonds is 4. The lowest BCUT2D eigenvalue weighted by Crippen LogP contribution is -2.22. The van der Waals surface area contributed by atoms with Crippen molar-refractivity contribution in [3.63, 3.8) is 0 Å². The van der Waals surface area contributed by atoms with Crippen molar-refractivity contribution in [2.24, 2.45) is 0 Å². The van der Waals surface area contributed by atoms with E-state index in [1.807, 2.05) is 28.8 Å². The van der Waals surface area contributed by atoms with E-state index in [2.05, 4.69) is 10.2 Å². The minimum Gasteiger partial charge on any atom is -0.478 e. The van der Waals surface area contributed by atoms with Gasteiger partial charge in [0.25, 0.3) is 0 Å². The second kappa shape index (κ2) is 5.36. The molecule has 0 saturated carbocycles. The highest BCUT2D eigenvalue weighted by atomic mass is 32.1. The van der Waals surface area contributed by atoms with E-state index in [0.717, 1.165) is 5.56 Å². The summed E-state index contributed by atoms with van der Waals surface area (Å²) < 4.78 is 0. The quantitative estimate of drug-likeness (QED) is 0.930. The SMILES string of the molecule is Cc1nnc(N(C)Cc2ccsc2)c(C(=O)O)c1C. The first-order valence-electron chi connectivity index (χ1n) is 5.80. The zero-order chi connectivity index (χ0) is 14.0. The molecule has 0 aliphatic heterocycles. The Morgan fingerprint density at radius 2 is 2.16 bits per heavy atom. The third kappa shape index (κ3) is 2.73. The highest BCUT2D eigenvalue weighted by molar-refractivity contribution is 7.07. The van der Waals surface area contributed by atoms with Crippen LogP contribution in [-0.2, 0) is 6.54 Å². The molecule has 100 valence electrons. The number of aromatic carboxylic acids is 1. The van der Waals surface area contributed by atoms with Crippen molar-refractivity contribution in [3.8, 4) is 0 Å². The molecule has 2 rings (SSSR count). The molecular weight excluding hydrogens is 262 g/mol. The summed E-state index contributed by atoms with van der Waals surface area (Å²) in [5, 5.41) is 21.4. The van der Waals surface area contributed by atoms with Gasteiger partial charge in [-0.1, -0.05) is 0 Å². The molecule has 2 heterocycles. The standard InChI is InChI=1S/C13H15N3O2S/c1-8-9(2)14-15-12(11(8)13(17)18)16(3)6-10-4-5-19-7-10/h4-5,7H,6H2,1-3H3,(H,17,18). The summed E-state index contributed by atoms with van der Waals surface area (Å²) in [5.74, 6) is -0.565. The molecule has 0 aliphatic carbocycles. The summed E-state index contributed by atoms with van der Waals surface area (Å²) in [6.07, 6.45) is 0. The van der Waals surface area contributed by atoms with Crippen LogP contribution in [0, 0.1) is 13.8 Å². The molecule has 0 spiro atoms. The molecule has 0 atom stereocenters. The second-order valence-corrected chi connectivity index (χ2v) is 5.18. The zero-order valence-corrected chi connectivity index (χ0v) is 11.9. The molecule has 2 aromatic heterocycles. The molecule has 0 unspecified atom stereocenters. The number of hydrogen-bond donors (Lipinski definition) is 1. The van der Waals surface area contributed by atoms with Crippen LogP contribution in [0.25, 0.3) is 0 Å². The van der Waals surface area contributed by atoms with Crippen LogP contribution in [0.1, 0.15) is 27.2 Å². The van der Waals surface area contributed by atoms with Crippen LogP contribution in [0.3, 0.4) is 0 Å². The summed E-state index contributed by atoms with van der Waals surface area (Å²) in [6, 6.07) is 2.01. The Balaban J connectivity index is 2.38. The topological polar surface area (TPSA) is 66.3 Å². The van der Waals surface area contributed by atoms with E-state index in [9.17, 15) is 9.90 Å². The molecule has 19 heavy (non-hydrogen) atoms. The van der Waals surface area contributed by atoms with E-state index < -0.39 is 5.97 Å². The predicted octanol–water partition coefficient (Wildman–Crippen LogP) is 2.49. The lowest BCUT2D eigenvalue weighted by molar-refractivity contribution is 0.0696. The van der Waals surface area contributed by atoms with E-state index in [0.29, 0.717) is 23.6 Å². The first kappa shape index (κ1) is 13.5. The number of carboxylic acid groups (broad SMARTS) is 1. The van der Waals surface area contributed by atoms with Crippen LogP contribution in [0.15, 0.2) is 16.8 Å². The van der Waals surface area contributed by atoms with Crippen LogP contribution in [0.4, 0.5) is 5.82 Å². The molecule has 0 amide bonds. The highest BCUT2D eigenvalue weighted by Gasteiger charge is 2.20. The van der Waals surface area contributed by atoms with Gasteiger partial charge in [0, 0.05) is 13.6 Å². The molecule has 6 heteroatoms. The van der Waals surface area contributed by atoms with Crippen molar-refractivity contribution in [2.75, 3.05) is 11.9 Å². The van der Waals surface area contributed by atoms with Gasteiger partial charge in [0.15, 0.2) is 5.82 Å². The number of aryl methyl sites for hydroxylation is 1. The van der Waals surface area contributed by atoms with Crippen molar-refractivity contribution in [1.82, 2.24) is 10.2 Å². The van der Waals surface area contributed by atoms with Crippen molar-refractivity contribution in [3.05, 3.63) is 39.2 Å². The molecule has 0 saturated heterocycles. The van der Waals surface area contributed by atoms with Gasteiger partial charge in [-0.3, -0.25) is 0 Å². The Hall–Kier alpha value is -1.95. The van der Waals surface area contributed by atoms with Gasteiger partial charge in [0.05, 0.1) is 5.69 Å². The molecule has 0 bridgehead atoms. The van der Waals surface area contributed by atoms with E-state index in [4.69, 9.17) is 0 Å². The molecule has 0 aromatic carbocycles. The lowest BCUT2D eigenvalue weighted by Gasteiger charge is -2.20. The number of hydrogen-bond acceptors (Lipinski definition) is 5. The lowest BCUT2D eigenvalue weighted by atomic mass is 10.1. The van der Waals surface area contributed by atoms with Gasteiger partial charge < -0.3 is 10.0 Å². The van der Waals surface area contributed by atoms with Crippen LogP contribution in [0.2, 0.25) is 0 Å². The molecule has 0 radical (unpaired) electrons. The van der Waals surface area contributed by atoms with Crippen molar-refractivity contribution < 1.29 is 9.90 Å². The van der Waals surface area contributed by atoms with E-state index >= 15 is 0 Å². The van der Waals surface area contributed by atoms with Crippen molar-refractivity contribution in [2.45, 2.75) is 20.4 Å². The van der Waals surface area contributed by atoms with Gasteiger partial charge in [0.1, 0.15) is 5.56 Å². The zero-order valence-electron chi connectivity index (χ0n) is 11.0. The summed E-state index contributed by atoms with van der Waals surface area (Å²) >= 11 is 1.61. The van der Waals surface area contributed by atoms with Gasteiger partial charge in [0.2, 0.25) is 0 Å². The molecule has 0 fully saturated rings. The summed E-state index contributed by atoms with van der Waals surface area (Å²) in [6.45, 7) is 4.13. The number of nitrogens with zero attached hydrogens (tertiary/aromatic N) is 3. The first-order chi connectivity index (χ1) is 9.00. The Morgan fingerprint density at radius 3 is 2.74 bits per heavy atom. The number of carbonyl (C=O) groups is 1. The van der Waals surface area contributed by atoms with E-state index in [1.165, 1.54) is 0 Å². The summed E-state index contributed by atoms with van der Waals surface area (Å²) in [7, 11) is 1.82. The fraction of sp³-hybridized carbons (Fsp3) is 0.308. The van der Waals surface area contributed by atoms with Crippen LogP contribution in [0.5, 0.6) is 0 Å². The number of carboxylic acids is 1. The van der Waals surface area contributed by atoms with Gasteiger partial charge in [-0.15, -0.1) is 5.10 Å². The van der Waals surface area contributed by atoms with Gasteiger partial charge in [-0.05, 0) is 41.8 Å². The largest absolute Gasteiger partial charge is 0.478 e. The maximum Gasteiger partial charge on any atom is 0.339 e. The smallest absolute Gasteiger partial charge is 0.339 e. The van der Waals surface area contributed by atoms with Crippen molar-refractivity contribution >= 4 is 23.1 Å². The third-order valence-corrected chi connectivity index (χ3v) is 3.74. The second-order valence-electron chi connectivity index (χ2n) is 4.40. The number of anilines is 1. The highest BCUT2D eigenvalue weighted by Crippen LogP contribution is 2.23. The minimum atomic E-state index is -0.970. The van der Waals surface area contributed by atoms with Crippen LogP contribution >= 0.6 is 11.3 Å². The summed E-state index contributed by atoms with van der Waals surface area (Å²) in [4.78, 5) is 13.2. The monoisotopic (exact) mass is 277 g/mol. The van der Waals surface area contributed by atoms with Crippen LogP contribution < -0.4 is 4.90 Å². The maximum atomic E-state index is 11.4. The van der Waals surface area contributed by atoms with Crippen molar-refractivity contribution in [1.29, 1.82) is 0 Å². The first-order valence-corrected chi connectivity index (χ1v) is 6.74. The molecule has 2 aromatic rings. The van der Waals surface area contributed by atoms with Gasteiger partial charge in [-0.2, -0.15) is 16.4 Å². The maximum absolute atomic E-state index is 11.4. The average Bonchev–Trinajstić information content (AvgIpc) is 2.84. The molecule has 0 aliphatic rings. The Labute approximate surface area is 115 Å².